The molecule has 4 nitrogen and oxygen atoms in total. The number of hydrogen-bond acceptors (Lipinski definition) is 3. The third-order valence-electron chi connectivity index (χ3n) is 2.74. The number of carbonyl (C=O) groups is 1. The van der Waals surface area contributed by atoms with E-state index < -0.39 is 11.6 Å². The topological polar surface area (TPSA) is 70.7 Å². The number of carboxylic acid groups (broad SMARTS) is 1. The summed E-state index contributed by atoms with van der Waals surface area (Å²) in [7, 11) is 0. The molecule has 0 saturated carbocycles. The summed E-state index contributed by atoms with van der Waals surface area (Å²) in [5.41, 5.74) is -0.916. The highest BCUT2D eigenvalue weighted by molar-refractivity contribution is 14.1. The lowest BCUT2D eigenvalue weighted by Crippen LogP contribution is -2.24. The lowest BCUT2D eigenvalue weighted by atomic mass is 9.91. The standard InChI is InChI=1S/C13H11IO4/c1-13(17,8-2-4-9(14)5-3-8)11-10(12(15)16)6-7-18-11/h2-7,17H,1H3,(H,15,16). The van der Waals surface area contributed by atoms with Gasteiger partial charge in [-0.05, 0) is 53.3 Å². The van der Waals surface area contributed by atoms with Gasteiger partial charge in [-0.15, -0.1) is 0 Å². The summed E-state index contributed by atoms with van der Waals surface area (Å²) in [6, 6.07) is 8.51. The number of furan rings is 1. The van der Waals surface area contributed by atoms with E-state index in [9.17, 15) is 9.90 Å². The van der Waals surface area contributed by atoms with Gasteiger partial charge in [0.15, 0.2) is 5.76 Å². The molecule has 18 heavy (non-hydrogen) atoms. The molecule has 2 rings (SSSR count). The van der Waals surface area contributed by atoms with Crippen LogP contribution in [0.1, 0.15) is 28.6 Å². The maximum absolute atomic E-state index is 11.0. The third-order valence-corrected chi connectivity index (χ3v) is 3.46. The van der Waals surface area contributed by atoms with E-state index in [1.807, 2.05) is 12.1 Å². The van der Waals surface area contributed by atoms with Crippen molar-refractivity contribution >= 4 is 28.6 Å². The second-order valence-corrected chi connectivity index (χ2v) is 5.29. The van der Waals surface area contributed by atoms with Crippen LogP contribution >= 0.6 is 22.6 Å². The summed E-state index contributed by atoms with van der Waals surface area (Å²) in [6.07, 6.45) is 1.26. The molecule has 1 aromatic carbocycles. The average Bonchev–Trinajstić information content (AvgIpc) is 2.79. The van der Waals surface area contributed by atoms with E-state index in [1.165, 1.54) is 19.3 Å². The van der Waals surface area contributed by atoms with Gasteiger partial charge in [0.1, 0.15) is 11.2 Å². The molecular formula is C13H11IO4. The fourth-order valence-electron chi connectivity index (χ4n) is 1.76. The monoisotopic (exact) mass is 358 g/mol. The molecular weight excluding hydrogens is 347 g/mol. The molecule has 0 saturated heterocycles. The van der Waals surface area contributed by atoms with Crippen LogP contribution in [0.25, 0.3) is 0 Å². The zero-order valence-corrected chi connectivity index (χ0v) is 11.7. The predicted molar refractivity (Wildman–Crippen MR) is 73.5 cm³/mol. The highest BCUT2D eigenvalue weighted by atomic mass is 127. The van der Waals surface area contributed by atoms with E-state index in [4.69, 9.17) is 9.52 Å². The summed E-state index contributed by atoms with van der Waals surface area (Å²) in [6.45, 7) is 1.51. The van der Waals surface area contributed by atoms with Crippen LogP contribution in [0.3, 0.4) is 0 Å². The summed E-state index contributed by atoms with van der Waals surface area (Å²) in [5, 5.41) is 19.5. The number of aromatic carboxylic acids is 1. The molecule has 0 amide bonds. The van der Waals surface area contributed by atoms with Crippen LogP contribution in [-0.2, 0) is 5.60 Å². The van der Waals surface area contributed by atoms with E-state index in [0.717, 1.165) is 3.57 Å². The Kier molecular flexibility index (Phi) is 3.45. The minimum Gasteiger partial charge on any atom is -0.478 e. The molecule has 0 fully saturated rings. The van der Waals surface area contributed by atoms with E-state index >= 15 is 0 Å². The van der Waals surface area contributed by atoms with Gasteiger partial charge in [0.2, 0.25) is 0 Å². The van der Waals surface area contributed by atoms with Gasteiger partial charge in [0, 0.05) is 3.57 Å². The van der Waals surface area contributed by atoms with Crippen molar-refractivity contribution in [1.29, 1.82) is 0 Å². The number of halogens is 1. The smallest absolute Gasteiger partial charge is 0.339 e. The Balaban J connectivity index is 2.50. The molecule has 1 aromatic heterocycles. The van der Waals surface area contributed by atoms with Crippen LogP contribution in [0.5, 0.6) is 0 Å². The molecule has 1 heterocycles. The average molecular weight is 358 g/mol. The Labute approximate surface area is 117 Å². The Hall–Kier alpha value is -1.34. The van der Waals surface area contributed by atoms with Crippen LogP contribution in [0.4, 0.5) is 0 Å². The summed E-state index contributed by atoms with van der Waals surface area (Å²) in [4.78, 5) is 11.0. The highest BCUT2D eigenvalue weighted by Gasteiger charge is 2.33. The summed E-state index contributed by atoms with van der Waals surface area (Å²) < 4.78 is 6.18. The Morgan fingerprint density at radius 1 is 1.28 bits per heavy atom. The Morgan fingerprint density at radius 3 is 2.44 bits per heavy atom. The van der Waals surface area contributed by atoms with E-state index in [-0.39, 0.29) is 11.3 Å². The first-order valence-corrected chi connectivity index (χ1v) is 6.30. The third kappa shape index (κ3) is 2.28. The second kappa shape index (κ2) is 4.74. The molecule has 2 aromatic rings. The Bertz CT molecular complexity index is 569. The molecule has 0 radical (unpaired) electrons. The highest BCUT2D eigenvalue weighted by Crippen LogP contribution is 2.32. The van der Waals surface area contributed by atoms with Gasteiger partial charge in [0.25, 0.3) is 0 Å². The van der Waals surface area contributed by atoms with Crippen molar-refractivity contribution in [1.82, 2.24) is 0 Å². The predicted octanol–water partition coefficient (Wildman–Crippen LogP) is 2.84. The van der Waals surface area contributed by atoms with Gasteiger partial charge in [-0.3, -0.25) is 0 Å². The summed E-state index contributed by atoms with van der Waals surface area (Å²) in [5.74, 6) is -1.08. The lowest BCUT2D eigenvalue weighted by molar-refractivity contribution is 0.0615. The molecule has 5 heteroatoms. The normalized spacial score (nSPS) is 14.2. The van der Waals surface area contributed by atoms with Crippen LogP contribution < -0.4 is 0 Å². The van der Waals surface area contributed by atoms with Crippen LogP contribution in [0.15, 0.2) is 41.0 Å². The van der Waals surface area contributed by atoms with Crippen LogP contribution in [-0.4, -0.2) is 16.2 Å². The van der Waals surface area contributed by atoms with Gasteiger partial charge in [-0.1, -0.05) is 12.1 Å². The van der Waals surface area contributed by atoms with Gasteiger partial charge in [0.05, 0.1) is 6.26 Å². The van der Waals surface area contributed by atoms with Gasteiger partial charge >= 0.3 is 5.97 Å². The number of benzene rings is 1. The first-order chi connectivity index (χ1) is 8.43. The van der Waals surface area contributed by atoms with Gasteiger partial charge < -0.3 is 14.6 Å². The van der Waals surface area contributed by atoms with E-state index in [2.05, 4.69) is 22.6 Å². The quantitative estimate of drug-likeness (QED) is 0.828. The minimum absolute atomic E-state index is 0.0291. The SMILES string of the molecule is CC(O)(c1ccc(I)cc1)c1occc1C(=O)O. The molecule has 0 aliphatic heterocycles. The van der Waals surface area contributed by atoms with Crippen molar-refractivity contribution in [2.24, 2.45) is 0 Å². The molecule has 1 unspecified atom stereocenters. The summed E-state index contributed by atoms with van der Waals surface area (Å²) >= 11 is 2.16. The Morgan fingerprint density at radius 2 is 1.89 bits per heavy atom. The molecule has 0 aliphatic carbocycles. The number of rotatable bonds is 3. The molecule has 2 N–H and O–H groups in total. The molecule has 94 valence electrons. The van der Waals surface area contributed by atoms with Crippen molar-refractivity contribution in [2.45, 2.75) is 12.5 Å². The maximum atomic E-state index is 11.0. The van der Waals surface area contributed by atoms with Crippen molar-refractivity contribution < 1.29 is 19.4 Å². The van der Waals surface area contributed by atoms with E-state index in [1.54, 1.807) is 12.1 Å². The first-order valence-electron chi connectivity index (χ1n) is 5.22. The van der Waals surface area contributed by atoms with Crippen molar-refractivity contribution in [3.63, 3.8) is 0 Å². The molecule has 0 bridgehead atoms. The number of hydrogen-bond donors (Lipinski definition) is 2. The zero-order chi connectivity index (χ0) is 13.3. The van der Waals surface area contributed by atoms with Crippen molar-refractivity contribution in [3.05, 3.63) is 57.1 Å². The minimum atomic E-state index is -1.47. The maximum Gasteiger partial charge on any atom is 0.339 e. The van der Waals surface area contributed by atoms with Gasteiger partial charge in [-0.25, -0.2) is 4.79 Å². The fraction of sp³-hybridized carbons (Fsp3) is 0.154. The first kappa shape index (κ1) is 13.1. The lowest BCUT2D eigenvalue weighted by Gasteiger charge is -2.22. The fourth-order valence-corrected chi connectivity index (χ4v) is 2.12. The van der Waals surface area contributed by atoms with Crippen LogP contribution in [0.2, 0.25) is 0 Å². The largest absolute Gasteiger partial charge is 0.478 e. The van der Waals surface area contributed by atoms with Crippen molar-refractivity contribution in [3.8, 4) is 0 Å². The van der Waals surface area contributed by atoms with E-state index in [0.29, 0.717) is 5.56 Å². The number of aliphatic hydroxyl groups is 1. The molecule has 0 spiro atoms. The number of carboxylic acids is 1. The molecule has 0 aliphatic rings. The zero-order valence-electron chi connectivity index (χ0n) is 9.55. The van der Waals surface area contributed by atoms with Crippen LogP contribution in [0, 0.1) is 3.57 Å². The second-order valence-electron chi connectivity index (χ2n) is 4.05. The van der Waals surface area contributed by atoms with Gasteiger partial charge in [-0.2, -0.15) is 0 Å². The molecule has 1 atom stereocenters. The van der Waals surface area contributed by atoms with Crippen molar-refractivity contribution in [2.75, 3.05) is 0 Å².